The van der Waals surface area contributed by atoms with Crippen molar-refractivity contribution in [2.45, 2.75) is 30.2 Å². The number of nitrogens with zero attached hydrogens (tertiary/aromatic N) is 1. The number of hydrogen-bond acceptors (Lipinski definition) is 3. The lowest BCUT2D eigenvalue weighted by Crippen LogP contribution is -2.36. The van der Waals surface area contributed by atoms with Crippen LogP contribution in [0, 0.1) is 11.6 Å². The van der Waals surface area contributed by atoms with E-state index >= 15 is 0 Å². The van der Waals surface area contributed by atoms with Crippen molar-refractivity contribution in [3.63, 3.8) is 0 Å². The third-order valence-corrected chi connectivity index (χ3v) is 6.20. The van der Waals surface area contributed by atoms with Crippen LogP contribution in [-0.4, -0.2) is 37.8 Å². The fourth-order valence-corrected chi connectivity index (χ4v) is 4.06. The number of halogens is 3. The molecule has 0 saturated heterocycles. The molecule has 0 aliphatic rings. The number of benzene rings is 1. The van der Waals surface area contributed by atoms with Gasteiger partial charge in [-0.15, -0.1) is 11.6 Å². The molecule has 21 heavy (non-hydrogen) atoms. The average molecular weight is 358 g/mol. The monoisotopic (exact) mass is 357 g/mol. The lowest BCUT2D eigenvalue weighted by Gasteiger charge is -2.24. The van der Waals surface area contributed by atoms with Crippen molar-refractivity contribution < 1.29 is 17.2 Å². The van der Waals surface area contributed by atoms with E-state index in [4.69, 9.17) is 11.6 Å². The van der Waals surface area contributed by atoms with Crippen LogP contribution in [0.5, 0.6) is 0 Å². The van der Waals surface area contributed by atoms with E-state index in [1.807, 2.05) is 6.26 Å². The summed E-state index contributed by atoms with van der Waals surface area (Å²) in [6, 6.07) is 1.58. The van der Waals surface area contributed by atoms with Gasteiger partial charge in [-0.1, -0.05) is 0 Å². The summed E-state index contributed by atoms with van der Waals surface area (Å²) in [6.07, 6.45) is 2.57. The fraction of sp³-hybridized carbons (Fsp3) is 0.538. The Bertz CT molecular complexity index is 596. The first kappa shape index (κ1) is 18.7. The van der Waals surface area contributed by atoms with Crippen molar-refractivity contribution in [1.29, 1.82) is 0 Å². The van der Waals surface area contributed by atoms with Crippen LogP contribution < -0.4 is 0 Å². The van der Waals surface area contributed by atoms with E-state index in [0.29, 0.717) is 6.42 Å². The highest BCUT2D eigenvalue weighted by molar-refractivity contribution is 7.98. The van der Waals surface area contributed by atoms with Gasteiger partial charge in [0.15, 0.2) is 5.82 Å². The largest absolute Gasteiger partial charge is 0.245 e. The Kier molecular flexibility index (Phi) is 6.90. The van der Waals surface area contributed by atoms with Gasteiger partial charge in [-0.3, -0.25) is 0 Å². The highest BCUT2D eigenvalue weighted by Gasteiger charge is 2.29. The molecule has 3 nitrogen and oxygen atoms in total. The van der Waals surface area contributed by atoms with Gasteiger partial charge in [-0.25, -0.2) is 17.2 Å². The SMILES string of the molecule is CSCCC(C)N(C)S(=O)(=O)c1ccc(F)c(CCl)c1F. The zero-order chi connectivity index (χ0) is 16.2. The quantitative estimate of drug-likeness (QED) is 0.701. The van der Waals surface area contributed by atoms with Crippen LogP contribution in [0.1, 0.15) is 18.9 Å². The van der Waals surface area contributed by atoms with Crippen LogP contribution in [0.3, 0.4) is 0 Å². The minimum atomic E-state index is -4.02. The predicted molar refractivity (Wildman–Crippen MR) is 83.3 cm³/mol. The Morgan fingerprint density at radius 2 is 2.00 bits per heavy atom. The summed E-state index contributed by atoms with van der Waals surface area (Å²) in [5, 5.41) is 0. The van der Waals surface area contributed by atoms with Crippen LogP contribution in [0.15, 0.2) is 17.0 Å². The zero-order valence-corrected chi connectivity index (χ0v) is 14.5. The molecule has 1 atom stereocenters. The molecule has 1 aromatic rings. The molecule has 0 bridgehead atoms. The van der Waals surface area contributed by atoms with Gasteiger partial charge in [0.1, 0.15) is 10.7 Å². The molecule has 1 rings (SSSR count). The van der Waals surface area contributed by atoms with Crippen LogP contribution in [0.4, 0.5) is 8.78 Å². The number of hydrogen-bond donors (Lipinski definition) is 0. The van der Waals surface area contributed by atoms with Crippen LogP contribution in [-0.2, 0) is 15.9 Å². The number of sulfonamides is 1. The maximum Gasteiger partial charge on any atom is 0.245 e. The molecule has 0 spiro atoms. The summed E-state index contributed by atoms with van der Waals surface area (Å²) in [5.74, 6) is -1.60. The number of thioether (sulfide) groups is 1. The number of alkyl halides is 1. The molecule has 1 aromatic carbocycles. The molecule has 0 aliphatic heterocycles. The lowest BCUT2D eigenvalue weighted by molar-refractivity contribution is 0.379. The van der Waals surface area contributed by atoms with E-state index in [1.54, 1.807) is 18.7 Å². The highest BCUT2D eigenvalue weighted by Crippen LogP contribution is 2.26. The fourth-order valence-electron chi connectivity index (χ4n) is 1.76. The Hall–Kier alpha value is -0.370. The molecule has 120 valence electrons. The summed E-state index contributed by atoms with van der Waals surface area (Å²) in [7, 11) is -2.63. The molecular formula is C13H18ClF2NO2S2. The van der Waals surface area contributed by atoms with E-state index in [2.05, 4.69) is 0 Å². The molecule has 0 aliphatic carbocycles. The maximum absolute atomic E-state index is 14.2. The smallest absolute Gasteiger partial charge is 0.207 e. The van der Waals surface area contributed by atoms with E-state index < -0.39 is 38.0 Å². The first-order chi connectivity index (χ1) is 9.77. The molecule has 0 amide bonds. The molecule has 1 unspecified atom stereocenters. The van der Waals surface area contributed by atoms with Crippen molar-refractivity contribution in [3.8, 4) is 0 Å². The third-order valence-electron chi connectivity index (χ3n) is 3.30. The minimum Gasteiger partial charge on any atom is -0.207 e. The summed E-state index contributed by atoms with van der Waals surface area (Å²) < 4.78 is 53.6. The summed E-state index contributed by atoms with van der Waals surface area (Å²) in [4.78, 5) is -0.543. The van der Waals surface area contributed by atoms with Gasteiger partial charge < -0.3 is 0 Å². The van der Waals surface area contributed by atoms with Crippen molar-refractivity contribution in [1.82, 2.24) is 4.31 Å². The molecular weight excluding hydrogens is 340 g/mol. The Morgan fingerprint density at radius 3 is 2.52 bits per heavy atom. The number of rotatable bonds is 7. The molecule has 0 radical (unpaired) electrons. The summed E-state index contributed by atoms with van der Waals surface area (Å²) in [5.41, 5.74) is -0.428. The van der Waals surface area contributed by atoms with Gasteiger partial charge in [0.05, 0.1) is 5.88 Å². The van der Waals surface area contributed by atoms with Gasteiger partial charge in [0.25, 0.3) is 0 Å². The van der Waals surface area contributed by atoms with Crippen molar-refractivity contribution in [2.24, 2.45) is 0 Å². The van der Waals surface area contributed by atoms with Gasteiger partial charge in [-0.2, -0.15) is 16.1 Å². The second-order valence-corrected chi connectivity index (χ2v) is 7.84. The average Bonchev–Trinajstić information content (AvgIpc) is 2.44. The predicted octanol–water partition coefficient (Wildman–Crippen LogP) is 3.47. The van der Waals surface area contributed by atoms with Crippen molar-refractivity contribution in [2.75, 3.05) is 19.1 Å². The van der Waals surface area contributed by atoms with Gasteiger partial charge in [-0.05, 0) is 37.5 Å². The minimum absolute atomic E-state index is 0.286. The van der Waals surface area contributed by atoms with Crippen LogP contribution in [0.25, 0.3) is 0 Å². The second-order valence-electron chi connectivity index (χ2n) is 4.62. The molecule has 0 saturated carbocycles. The van der Waals surface area contributed by atoms with E-state index in [0.717, 1.165) is 22.2 Å². The third kappa shape index (κ3) is 4.09. The highest BCUT2D eigenvalue weighted by atomic mass is 35.5. The Morgan fingerprint density at radius 1 is 1.38 bits per heavy atom. The van der Waals surface area contributed by atoms with Crippen molar-refractivity contribution in [3.05, 3.63) is 29.3 Å². The first-order valence-corrected chi connectivity index (χ1v) is 9.64. The molecule has 0 heterocycles. The topological polar surface area (TPSA) is 37.4 Å². The maximum atomic E-state index is 14.2. The zero-order valence-electron chi connectivity index (χ0n) is 12.1. The van der Waals surface area contributed by atoms with Gasteiger partial charge >= 0.3 is 0 Å². The molecule has 0 fully saturated rings. The van der Waals surface area contributed by atoms with Gasteiger partial charge in [0, 0.05) is 18.7 Å². The van der Waals surface area contributed by atoms with Crippen LogP contribution in [0.2, 0.25) is 0 Å². The first-order valence-electron chi connectivity index (χ1n) is 6.27. The van der Waals surface area contributed by atoms with Gasteiger partial charge in [0.2, 0.25) is 10.0 Å². The normalized spacial score (nSPS) is 13.7. The molecule has 0 N–H and O–H groups in total. The Labute approximate surface area is 133 Å². The lowest BCUT2D eigenvalue weighted by atomic mass is 10.2. The van der Waals surface area contributed by atoms with E-state index in [9.17, 15) is 17.2 Å². The summed E-state index contributed by atoms with van der Waals surface area (Å²) >= 11 is 7.08. The standard InChI is InChI=1S/C13H18ClF2NO2S2/c1-9(6-7-20-3)17(2)21(18,19)12-5-4-11(15)10(8-14)13(12)16/h4-5,9H,6-8H2,1-3H3. The van der Waals surface area contributed by atoms with E-state index in [-0.39, 0.29) is 6.04 Å². The molecule has 8 heteroatoms. The second kappa shape index (κ2) is 7.76. The Balaban J connectivity index is 3.19. The van der Waals surface area contributed by atoms with Crippen molar-refractivity contribution >= 4 is 33.4 Å². The van der Waals surface area contributed by atoms with Crippen LogP contribution >= 0.6 is 23.4 Å². The summed E-state index contributed by atoms with van der Waals surface area (Å²) in [6.45, 7) is 1.75. The van der Waals surface area contributed by atoms with E-state index in [1.165, 1.54) is 7.05 Å². The molecule has 0 aromatic heterocycles.